The molecule has 252 valence electrons. The molecule has 0 aromatic carbocycles. The van der Waals surface area contributed by atoms with Crippen LogP contribution in [0, 0.1) is 41.4 Å². The molecule has 1 saturated heterocycles. The summed E-state index contributed by atoms with van der Waals surface area (Å²) in [6.07, 6.45) is 51.1. The van der Waals surface area contributed by atoms with E-state index in [4.69, 9.17) is 0 Å². The van der Waals surface area contributed by atoms with Crippen LogP contribution in [0.25, 0.3) is 0 Å². The Morgan fingerprint density at radius 1 is 0.652 bits per heavy atom. The van der Waals surface area contributed by atoms with Crippen molar-refractivity contribution in [1.82, 2.24) is 9.80 Å². The van der Waals surface area contributed by atoms with E-state index in [1.165, 1.54) is 154 Å². The second kappa shape index (κ2) is 13.6. The molecule has 1 heterocycles. The van der Waals surface area contributed by atoms with Crippen LogP contribution in [0.3, 0.4) is 0 Å². The van der Waals surface area contributed by atoms with Crippen molar-refractivity contribution in [3.05, 3.63) is 47.7 Å². The Hall–Kier alpha value is -1.28. The third-order valence-corrected chi connectivity index (χ3v) is 15.7. The van der Waals surface area contributed by atoms with Gasteiger partial charge in [0.25, 0.3) is 0 Å². The number of allylic oxidation sites excluding steroid dienone is 7. The molecule has 8 aliphatic carbocycles. The standard InChI is InChI=1S/C44H66N2/c1-3-16-36(17-4-1)45(38-27-25-32(26-28-38)34-24-23-31-13-7-8-14-33(31)29-34)42-30-35-15-9-10-20-39(35)44-43(42)40-21-11-12-22-41(40)46(44)37-18-5-2-6-19-37/h8,14,22,25,27,29,31-32,34-40,42-44H,1-7,9-13,15-21,23-24,26,28,30H2/t31-,32+,34?,35-,38?,39-,40-,42+,43+,44-/m1/s1. The van der Waals surface area contributed by atoms with Crippen molar-refractivity contribution in [2.24, 2.45) is 41.4 Å². The van der Waals surface area contributed by atoms with Crippen LogP contribution in [0.1, 0.15) is 154 Å². The Morgan fingerprint density at radius 2 is 1.46 bits per heavy atom. The lowest BCUT2D eigenvalue weighted by molar-refractivity contribution is -0.0627. The summed E-state index contributed by atoms with van der Waals surface area (Å²) in [5.74, 6) is 6.11. The Morgan fingerprint density at radius 3 is 2.30 bits per heavy atom. The average molecular weight is 623 g/mol. The third kappa shape index (κ3) is 5.65. The number of fused-ring (bicyclic) bond motifs is 6. The molecule has 0 aromatic heterocycles. The van der Waals surface area contributed by atoms with Gasteiger partial charge >= 0.3 is 0 Å². The van der Waals surface area contributed by atoms with Gasteiger partial charge in [-0.15, -0.1) is 0 Å². The monoisotopic (exact) mass is 623 g/mol. The van der Waals surface area contributed by atoms with Gasteiger partial charge in [0.1, 0.15) is 0 Å². The maximum absolute atomic E-state index is 3.32. The lowest BCUT2D eigenvalue weighted by Gasteiger charge is -2.57. The zero-order valence-electron chi connectivity index (χ0n) is 29.3. The predicted molar refractivity (Wildman–Crippen MR) is 192 cm³/mol. The molecule has 0 radical (unpaired) electrons. The molecule has 10 atom stereocenters. The van der Waals surface area contributed by atoms with E-state index in [0.29, 0.717) is 6.04 Å². The number of rotatable bonds is 5. The van der Waals surface area contributed by atoms with Crippen molar-refractivity contribution >= 4 is 0 Å². The second-order valence-electron chi connectivity index (χ2n) is 18.0. The van der Waals surface area contributed by atoms with Crippen LogP contribution in [-0.4, -0.2) is 40.0 Å². The highest BCUT2D eigenvalue weighted by Crippen LogP contribution is 2.59. The maximum Gasteiger partial charge on any atom is 0.0370 e. The molecule has 0 aromatic rings. The van der Waals surface area contributed by atoms with E-state index in [1.807, 2.05) is 5.70 Å². The Kier molecular flexibility index (Phi) is 9.06. The van der Waals surface area contributed by atoms with Crippen LogP contribution in [0.15, 0.2) is 47.7 Å². The van der Waals surface area contributed by atoms with Crippen molar-refractivity contribution in [2.45, 2.75) is 184 Å². The van der Waals surface area contributed by atoms with E-state index < -0.39 is 0 Å². The van der Waals surface area contributed by atoms with E-state index in [0.717, 1.165) is 65.6 Å². The van der Waals surface area contributed by atoms with Crippen LogP contribution >= 0.6 is 0 Å². The van der Waals surface area contributed by atoms with Crippen LogP contribution in [0.4, 0.5) is 0 Å². The zero-order chi connectivity index (χ0) is 30.5. The summed E-state index contributed by atoms with van der Waals surface area (Å²) < 4.78 is 0. The minimum absolute atomic E-state index is 0.684. The molecule has 2 heteroatoms. The predicted octanol–water partition coefficient (Wildman–Crippen LogP) is 11.2. The van der Waals surface area contributed by atoms with Gasteiger partial charge in [0, 0.05) is 47.7 Å². The topological polar surface area (TPSA) is 6.48 Å². The van der Waals surface area contributed by atoms with Gasteiger partial charge in [-0.3, -0.25) is 4.90 Å². The molecule has 0 bridgehead atoms. The molecule has 0 N–H and O–H groups in total. The summed E-state index contributed by atoms with van der Waals surface area (Å²) in [6, 6.07) is 4.01. The molecule has 2 nitrogen and oxygen atoms in total. The Labute approximate surface area is 282 Å². The van der Waals surface area contributed by atoms with Crippen molar-refractivity contribution in [3.63, 3.8) is 0 Å². The Bertz CT molecular complexity index is 1180. The summed E-state index contributed by atoms with van der Waals surface area (Å²) >= 11 is 0. The fraction of sp³-hybridized carbons (Fsp3) is 0.818. The van der Waals surface area contributed by atoms with Crippen molar-refractivity contribution in [3.8, 4) is 0 Å². The molecule has 1 aliphatic heterocycles. The number of nitrogens with zero attached hydrogens (tertiary/aromatic N) is 2. The van der Waals surface area contributed by atoms with E-state index >= 15 is 0 Å². The fourth-order valence-corrected chi connectivity index (χ4v) is 13.7. The molecule has 0 amide bonds. The first-order valence-electron chi connectivity index (χ1n) is 21.2. The summed E-state index contributed by atoms with van der Waals surface area (Å²) in [5.41, 5.74) is 3.57. The van der Waals surface area contributed by atoms with Gasteiger partial charge in [-0.1, -0.05) is 94.2 Å². The molecule has 9 rings (SSSR count). The lowest BCUT2D eigenvalue weighted by Crippen LogP contribution is -2.62. The first kappa shape index (κ1) is 30.8. The van der Waals surface area contributed by atoms with Crippen molar-refractivity contribution < 1.29 is 0 Å². The zero-order valence-corrected chi connectivity index (χ0v) is 29.3. The van der Waals surface area contributed by atoms with Crippen LogP contribution in [0.5, 0.6) is 0 Å². The fourth-order valence-electron chi connectivity index (χ4n) is 13.7. The van der Waals surface area contributed by atoms with E-state index in [2.05, 4.69) is 46.3 Å². The summed E-state index contributed by atoms with van der Waals surface area (Å²) in [4.78, 5) is 6.56. The minimum Gasteiger partial charge on any atom is -0.368 e. The van der Waals surface area contributed by atoms with Crippen molar-refractivity contribution in [1.29, 1.82) is 0 Å². The number of likely N-dealkylation sites (tertiary alicyclic amines) is 1. The van der Waals surface area contributed by atoms with E-state index in [1.54, 1.807) is 5.57 Å². The van der Waals surface area contributed by atoms with Gasteiger partial charge in [0.15, 0.2) is 0 Å². The molecular weight excluding hydrogens is 556 g/mol. The average Bonchev–Trinajstić information content (AvgIpc) is 3.48. The molecule has 4 saturated carbocycles. The van der Waals surface area contributed by atoms with Gasteiger partial charge in [-0.2, -0.15) is 0 Å². The maximum atomic E-state index is 3.32. The second-order valence-corrected chi connectivity index (χ2v) is 18.0. The number of hydrogen-bond acceptors (Lipinski definition) is 2. The summed E-state index contributed by atoms with van der Waals surface area (Å²) in [7, 11) is 0. The third-order valence-electron chi connectivity index (χ3n) is 15.7. The van der Waals surface area contributed by atoms with Gasteiger partial charge in [0.2, 0.25) is 0 Å². The van der Waals surface area contributed by atoms with Crippen molar-refractivity contribution in [2.75, 3.05) is 0 Å². The summed E-state index contributed by atoms with van der Waals surface area (Å²) in [6.45, 7) is 0. The quantitative estimate of drug-likeness (QED) is 0.281. The van der Waals surface area contributed by atoms with Gasteiger partial charge in [0.05, 0.1) is 0 Å². The highest BCUT2D eigenvalue weighted by Gasteiger charge is 2.59. The van der Waals surface area contributed by atoms with Crippen LogP contribution in [-0.2, 0) is 0 Å². The van der Waals surface area contributed by atoms with Gasteiger partial charge in [-0.25, -0.2) is 0 Å². The SMILES string of the molecule is C1=CC2=CC([C@H]3C=CC(N(C4CCCCC4)[C@H]4C[C@H]5CCCC[C@H]5[C@@H]5[C@H]4[C@@H]4CCCC=C4N5C4CCCCC4)CC3)CC[C@H]2CC1. The molecule has 2 unspecified atom stereocenters. The van der Waals surface area contributed by atoms with Gasteiger partial charge in [-0.05, 0) is 131 Å². The highest BCUT2D eigenvalue weighted by molar-refractivity contribution is 5.29. The molecule has 0 spiro atoms. The molecule has 46 heavy (non-hydrogen) atoms. The first-order valence-corrected chi connectivity index (χ1v) is 21.2. The van der Waals surface area contributed by atoms with Crippen LogP contribution < -0.4 is 0 Å². The Balaban J connectivity index is 1.05. The van der Waals surface area contributed by atoms with E-state index in [9.17, 15) is 0 Å². The summed E-state index contributed by atoms with van der Waals surface area (Å²) in [5, 5.41) is 0. The molecule has 5 fully saturated rings. The highest BCUT2D eigenvalue weighted by atomic mass is 15.3. The molecular formula is C44H66N2. The first-order chi connectivity index (χ1) is 22.8. The van der Waals surface area contributed by atoms with Crippen LogP contribution in [0.2, 0.25) is 0 Å². The lowest BCUT2D eigenvalue weighted by atomic mass is 9.59. The van der Waals surface area contributed by atoms with E-state index in [-0.39, 0.29) is 0 Å². The smallest absolute Gasteiger partial charge is 0.0370 e. The largest absolute Gasteiger partial charge is 0.368 e. The normalized spacial score (nSPS) is 43.4. The van der Waals surface area contributed by atoms with Gasteiger partial charge < -0.3 is 4.90 Å². The molecule has 9 aliphatic rings. The minimum atomic E-state index is 0.684. The number of hydrogen-bond donors (Lipinski definition) is 0.